The summed E-state index contributed by atoms with van der Waals surface area (Å²) in [5, 5.41) is 7.51. The number of rotatable bonds is 4. The van der Waals surface area contributed by atoms with Crippen molar-refractivity contribution in [1.29, 1.82) is 0 Å². The molecule has 4 heterocycles. The molecule has 1 aliphatic rings. The first-order valence-corrected chi connectivity index (χ1v) is 14.0. The fraction of sp³-hybridized carbons (Fsp3) is 0.286. The van der Waals surface area contributed by atoms with E-state index in [2.05, 4.69) is 9.97 Å². The van der Waals surface area contributed by atoms with Gasteiger partial charge in [-0.2, -0.15) is 26.3 Å². The van der Waals surface area contributed by atoms with Gasteiger partial charge in [0.05, 0.1) is 16.1 Å². The molecule has 4 aromatic rings. The Kier molecular flexibility index (Phi) is 10.2. The molecule has 246 valence electrons. The van der Waals surface area contributed by atoms with Crippen LogP contribution in [0.25, 0.3) is 5.52 Å². The summed E-state index contributed by atoms with van der Waals surface area (Å²) in [4.78, 5) is 44.3. The summed E-state index contributed by atoms with van der Waals surface area (Å²) < 4.78 is 86.6. The first-order valence-electron chi connectivity index (χ1n) is 13.2. The summed E-state index contributed by atoms with van der Waals surface area (Å²) in [7, 11) is 0. The fourth-order valence-corrected chi connectivity index (χ4v) is 5.08. The zero-order chi connectivity index (χ0) is 34.0. The monoisotopic (exact) mass is 695 g/mol. The predicted octanol–water partition coefficient (Wildman–Crippen LogP) is 6.06. The van der Waals surface area contributed by atoms with Crippen LogP contribution in [-0.2, 0) is 17.4 Å². The molecule has 0 spiro atoms. The number of alkyl halides is 6. The Bertz CT molecular complexity index is 1810. The van der Waals surface area contributed by atoms with E-state index in [0.29, 0.717) is 43.1 Å². The maximum atomic E-state index is 14.8. The number of nitrogens with zero attached hydrogens (tertiary/aromatic N) is 4. The van der Waals surface area contributed by atoms with Gasteiger partial charge in [0.25, 0.3) is 11.5 Å². The second-order valence-electron chi connectivity index (χ2n) is 9.94. The molecule has 1 aliphatic heterocycles. The van der Waals surface area contributed by atoms with Crippen LogP contribution in [0.4, 0.5) is 36.6 Å². The zero-order valence-electron chi connectivity index (χ0n) is 23.2. The number of nitrogens with one attached hydrogen (secondary N) is 1. The van der Waals surface area contributed by atoms with Crippen molar-refractivity contribution >= 4 is 46.4 Å². The van der Waals surface area contributed by atoms with Crippen LogP contribution in [0, 0.1) is 5.82 Å². The van der Waals surface area contributed by atoms with Crippen LogP contribution >= 0.6 is 23.2 Å². The number of fused-ring (bicyclic) bond motifs is 1. The van der Waals surface area contributed by atoms with Crippen molar-refractivity contribution in [3.05, 3.63) is 97.5 Å². The van der Waals surface area contributed by atoms with Gasteiger partial charge in [-0.3, -0.25) is 14.0 Å². The third-order valence-electron chi connectivity index (χ3n) is 6.86. The number of carbonyl (C=O) groups excluding carboxylic acids is 1. The number of hydrogen-bond donors (Lipinski definition) is 2. The second-order valence-corrected chi connectivity index (χ2v) is 10.7. The van der Waals surface area contributed by atoms with Crippen LogP contribution < -0.4 is 10.5 Å². The molecule has 0 saturated carbocycles. The SMILES string of the molecule is O=C(O)C(F)(F)F.O=C(c1cc(Cc2c[nH]c(=O)c3cc(Cl)c(Cl)n23)ccc1F)N1CCCN(c2ccc(C(F)(F)F)cn2)CC1. The number of carboxylic acids is 1. The van der Waals surface area contributed by atoms with Gasteiger partial charge in [-0.25, -0.2) is 14.2 Å². The molecule has 0 atom stereocenters. The largest absolute Gasteiger partial charge is 0.490 e. The van der Waals surface area contributed by atoms with E-state index in [1.54, 1.807) is 11.0 Å². The van der Waals surface area contributed by atoms with Crippen LogP contribution in [0.2, 0.25) is 10.2 Å². The van der Waals surface area contributed by atoms with Crippen molar-refractivity contribution in [3.63, 3.8) is 0 Å². The lowest BCUT2D eigenvalue weighted by Crippen LogP contribution is -2.36. The Morgan fingerprint density at radius 3 is 2.28 bits per heavy atom. The summed E-state index contributed by atoms with van der Waals surface area (Å²) in [6.07, 6.45) is -6.53. The average molecular weight is 696 g/mol. The molecule has 5 rings (SSSR count). The Hall–Kier alpha value is -4.31. The van der Waals surface area contributed by atoms with Crippen molar-refractivity contribution in [2.24, 2.45) is 0 Å². The Morgan fingerprint density at radius 1 is 0.978 bits per heavy atom. The standard InChI is InChI=1S/C26H21Cl2F4N5O2.C2HF3O2/c27-19-12-21-24(38)34-14-17(37(21)23(19)28)10-15-2-4-20(29)18(11-15)25(39)36-7-1-6-35(8-9-36)22-5-3-16(13-33-22)26(30,31)32;3-2(4,5)1(6)7/h2-5,11-14H,1,6-10H2,(H,34,38);(H,6,7). The van der Waals surface area contributed by atoms with E-state index in [0.717, 1.165) is 12.3 Å². The van der Waals surface area contributed by atoms with Crippen molar-refractivity contribution < 1.29 is 45.4 Å². The van der Waals surface area contributed by atoms with Crippen LogP contribution in [-0.4, -0.2) is 68.6 Å². The second kappa shape index (κ2) is 13.6. The number of H-pyrrole nitrogens is 1. The van der Waals surface area contributed by atoms with Crippen molar-refractivity contribution in [1.82, 2.24) is 19.3 Å². The topological polar surface area (TPSA) is 111 Å². The van der Waals surface area contributed by atoms with Gasteiger partial charge in [0, 0.05) is 50.7 Å². The molecule has 1 amide bonds. The maximum Gasteiger partial charge on any atom is 0.490 e. The molecule has 0 bridgehead atoms. The summed E-state index contributed by atoms with van der Waals surface area (Å²) in [5.74, 6) is -3.55. The number of anilines is 1. The van der Waals surface area contributed by atoms with E-state index in [4.69, 9.17) is 33.1 Å². The molecule has 9 nitrogen and oxygen atoms in total. The zero-order valence-corrected chi connectivity index (χ0v) is 24.7. The predicted molar refractivity (Wildman–Crippen MR) is 153 cm³/mol. The van der Waals surface area contributed by atoms with E-state index in [-0.39, 0.29) is 39.8 Å². The first-order chi connectivity index (χ1) is 21.5. The molecule has 46 heavy (non-hydrogen) atoms. The van der Waals surface area contributed by atoms with E-state index in [1.165, 1.54) is 39.8 Å². The van der Waals surface area contributed by atoms with Crippen molar-refractivity contribution in [3.8, 4) is 0 Å². The fourth-order valence-electron chi connectivity index (χ4n) is 4.64. The molecule has 1 aromatic carbocycles. The quantitative estimate of drug-likeness (QED) is 0.251. The summed E-state index contributed by atoms with van der Waals surface area (Å²) >= 11 is 12.4. The maximum absolute atomic E-state index is 14.8. The third kappa shape index (κ3) is 7.91. The van der Waals surface area contributed by atoms with Gasteiger partial charge in [0.2, 0.25) is 0 Å². The molecule has 3 aromatic heterocycles. The molecule has 1 saturated heterocycles. The van der Waals surface area contributed by atoms with Gasteiger partial charge in [0.15, 0.2) is 0 Å². The van der Waals surface area contributed by atoms with Gasteiger partial charge in [-0.05, 0) is 42.3 Å². The molecule has 0 unspecified atom stereocenters. The molecular weight excluding hydrogens is 674 g/mol. The summed E-state index contributed by atoms with van der Waals surface area (Å²) in [6, 6.07) is 7.96. The molecular formula is C28H22Cl2F7N5O4. The Labute approximate surface area is 264 Å². The number of benzene rings is 1. The van der Waals surface area contributed by atoms with Crippen molar-refractivity contribution in [2.75, 3.05) is 31.1 Å². The molecule has 0 radical (unpaired) electrons. The van der Waals surface area contributed by atoms with Gasteiger partial charge >= 0.3 is 18.3 Å². The highest BCUT2D eigenvalue weighted by Gasteiger charge is 2.38. The van der Waals surface area contributed by atoms with Gasteiger partial charge in [-0.15, -0.1) is 0 Å². The van der Waals surface area contributed by atoms with E-state index in [1.807, 2.05) is 0 Å². The number of halogens is 9. The number of aromatic amines is 1. The van der Waals surface area contributed by atoms with Gasteiger partial charge < -0.3 is 19.9 Å². The molecule has 1 fully saturated rings. The third-order valence-corrected chi connectivity index (χ3v) is 7.62. The highest BCUT2D eigenvalue weighted by molar-refractivity contribution is 6.42. The summed E-state index contributed by atoms with van der Waals surface area (Å²) in [6.45, 7) is 1.39. The number of aromatic nitrogens is 3. The highest BCUT2D eigenvalue weighted by Crippen LogP contribution is 2.30. The van der Waals surface area contributed by atoms with Gasteiger partial charge in [-0.1, -0.05) is 29.3 Å². The lowest BCUT2D eigenvalue weighted by Gasteiger charge is -2.23. The Balaban J connectivity index is 0.000000617. The van der Waals surface area contributed by atoms with E-state index in [9.17, 15) is 40.3 Å². The highest BCUT2D eigenvalue weighted by atomic mass is 35.5. The lowest BCUT2D eigenvalue weighted by atomic mass is 10.0. The van der Waals surface area contributed by atoms with Crippen LogP contribution in [0.15, 0.2) is 53.6 Å². The number of aliphatic carboxylic acids is 1. The number of pyridine rings is 1. The van der Waals surface area contributed by atoms with Crippen LogP contribution in [0.1, 0.15) is 33.6 Å². The smallest absolute Gasteiger partial charge is 0.475 e. The van der Waals surface area contributed by atoms with E-state index < -0.39 is 35.6 Å². The van der Waals surface area contributed by atoms with Crippen LogP contribution in [0.5, 0.6) is 0 Å². The minimum absolute atomic E-state index is 0.106. The molecule has 2 N–H and O–H groups in total. The molecule has 0 aliphatic carbocycles. The Morgan fingerprint density at radius 2 is 1.67 bits per heavy atom. The number of amides is 1. The normalized spacial score (nSPS) is 14.1. The van der Waals surface area contributed by atoms with Gasteiger partial charge in [0.1, 0.15) is 22.3 Å². The molecule has 18 heteroatoms. The average Bonchev–Trinajstić information content (AvgIpc) is 3.14. The number of hydrogen-bond acceptors (Lipinski definition) is 5. The number of carboxylic acid groups (broad SMARTS) is 1. The van der Waals surface area contributed by atoms with Crippen LogP contribution in [0.3, 0.4) is 0 Å². The summed E-state index contributed by atoms with van der Waals surface area (Å²) in [5.41, 5.74) is 0.144. The number of carbonyl (C=O) groups is 2. The van der Waals surface area contributed by atoms with E-state index >= 15 is 0 Å². The minimum Gasteiger partial charge on any atom is -0.475 e. The van der Waals surface area contributed by atoms with Crippen molar-refractivity contribution in [2.45, 2.75) is 25.2 Å². The first kappa shape index (κ1) is 34.6. The lowest BCUT2D eigenvalue weighted by molar-refractivity contribution is -0.192. The minimum atomic E-state index is -5.08.